The van der Waals surface area contributed by atoms with Crippen LogP contribution in [0.2, 0.25) is 10.0 Å². The summed E-state index contributed by atoms with van der Waals surface area (Å²) < 4.78 is 11.1. The molecule has 2 aromatic carbocycles. The van der Waals surface area contributed by atoms with Crippen LogP contribution in [0.15, 0.2) is 30.3 Å². The van der Waals surface area contributed by atoms with E-state index < -0.39 is 0 Å². The molecule has 0 bridgehead atoms. The summed E-state index contributed by atoms with van der Waals surface area (Å²) in [6.45, 7) is 1.11. The Bertz CT molecular complexity index is 802. The Morgan fingerprint density at radius 3 is 2.52 bits per heavy atom. The molecule has 0 aliphatic carbocycles. The molecule has 0 saturated heterocycles. The normalized spacial score (nSPS) is 13.6. The van der Waals surface area contributed by atoms with Crippen LogP contribution in [0.4, 0.5) is 0 Å². The van der Waals surface area contributed by atoms with Gasteiger partial charge in [0, 0.05) is 22.7 Å². The topological polar surface area (TPSA) is 47.1 Å². The van der Waals surface area contributed by atoms with Crippen LogP contribution in [-0.4, -0.2) is 23.2 Å². The number of hydrogen-bond donors (Lipinski definition) is 1. The summed E-state index contributed by atoms with van der Waals surface area (Å²) >= 11 is 12.1. The summed E-state index contributed by atoms with van der Waals surface area (Å²) in [4.78, 5) is 7.81. The molecular weight excluding hydrogens is 311 g/mol. The molecule has 0 fully saturated rings. The standard InChI is InChI=1S/C15H10Cl2N2O2/c16-8-1-2-9(10(17)5-8)15-18-11-6-13-14(7-12(11)19-15)21-4-3-20-13/h1-2,5-7H,3-4H2,(H,18,19). The number of aromatic amines is 1. The lowest BCUT2D eigenvalue weighted by Crippen LogP contribution is -2.15. The molecule has 21 heavy (non-hydrogen) atoms. The number of halogens is 2. The van der Waals surface area contributed by atoms with E-state index in [1.807, 2.05) is 18.2 Å². The smallest absolute Gasteiger partial charge is 0.163 e. The van der Waals surface area contributed by atoms with Crippen molar-refractivity contribution in [3.8, 4) is 22.9 Å². The molecule has 0 spiro atoms. The van der Waals surface area contributed by atoms with E-state index in [4.69, 9.17) is 32.7 Å². The van der Waals surface area contributed by atoms with Crippen molar-refractivity contribution < 1.29 is 9.47 Å². The Morgan fingerprint density at radius 2 is 1.76 bits per heavy atom. The second kappa shape index (κ2) is 4.83. The number of fused-ring (bicyclic) bond motifs is 2. The van der Waals surface area contributed by atoms with E-state index in [2.05, 4.69) is 9.97 Å². The van der Waals surface area contributed by atoms with Gasteiger partial charge in [-0.1, -0.05) is 23.2 Å². The van der Waals surface area contributed by atoms with Crippen molar-refractivity contribution in [2.45, 2.75) is 0 Å². The van der Waals surface area contributed by atoms with E-state index >= 15 is 0 Å². The van der Waals surface area contributed by atoms with Gasteiger partial charge in [-0.15, -0.1) is 0 Å². The molecule has 0 amide bonds. The summed E-state index contributed by atoms with van der Waals surface area (Å²) in [6.07, 6.45) is 0. The molecule has 1 aliphatic heterocycles. The van der Waals surface area contributed by atoms with Crippen LogP contribution in [-0.2, 0) is 0 Å². The minimum atomic E-state index is 0.554. The fourth-order valence-electron chi connectivity index (χ4n) is 2.36. The molecule has 106 valence electrons. The number of hydrogen-bond acceptors (Lipinski definition) is 3. The predicted octanol–water partition coefficient (Wildman–Crippen LogP) is 4.31. The Hall–Kier alpha value is -1.91. The van der Waals surface area contributed by atoms with E-state index in [-0.39, 0.29) is 0 Å². The van der Waals surface area contributed by atoms with Gasteiger partial charge in [0.25, 0.3) is 0 Å². The summed E-state index contributed by atoms with van der Waals surface area (Å²) in [5.41, 5.74) is 2.48. The molecule has 0 radical (unpaired) electrons. The highest BCUT2D eigenvalue weighted by atomic mass is 35.5. The Kier molecular flexibility index (Phi) is 2.94. The Morgan fingerprint density at radius 1 is 1.00 bits per heavy atom. The maximum absolute atomic E-state index is 6.22. The number of nitrogens with one attached hydrogen (secondary N) is 1. The van der Waals surface area contributed by atoms with Crippen LogP contribution >= 0.6 is 23.2 Å². The first-order chi connectivity index (χ1) is 10.2. The average molecular weight is 321 g/mol. The zero-order chi connectivity index (χ0) is 14.4. The van der Waals surface area contributed by atoms with Crippen LogP contribution in [0, 0.1) is 0 Å². The number of rotatable bonds is 1. The number of benzene rings is 2. The minimum absolute atomic E-state index is 0.554. The van der Waals surface area contributed by atoms with Gasteiger partial charge in [-0.05, 0) is 18.2 Å². The van der Waals surface area contributed by atoms with E-state index in [1.54, 1.807) is 12.1 Å². The van der Waals surface area contributed by atoms with Gasteiger partial charge in [0.05, 0.1) is 16.1 Å². The minimum Gasteiger partial charge on any atom is -0.486 e. The maximum atomic E-state index is 6.22. The van der Waals surface area contributed by atoms with Gasteiger partial charge in [-0.2, -0.15) is 0 Å². The van der Waals surface area contributed by atoms with Crippen molar-refractivity contribution in [2.24, 2.45) is 0 Å². The van der Waals surface area contributed by atoms with E-state index in [1.165, 1.54) is 0 Å². The molecule has 0 saturated carbocycles. The molecule has 0 atom stereocenters. The van der Waals surface area contributed by atoms with E-state index in [0.29, 0.717) is 34.8 Å². The molecule has 6 heteroatoms. The number of aromatic nitrogens is 2. The van der Waals surface area contributed by atoms with Crippen molar-refractivity contribution in [2.75, 3.05) is 13.2 Å². The van der Waals surface area contributed by atoms with E-state index in [9.17, 15) is 0 Å². The van der Waals surface area contributed by atoms with Gasteiger partial charge in [0.15, 0.2) is 11.5 Å². The third kappa shape index (κ3) is 2.20. The predicted molar refractivity (Wildman–Crippen MR) is 82.5 cm³/mol. The zero-order valence-electron chi connectivity index (χ0n) is 10.8. The van der Waals surface area contributed by atoms with Crippen molar-refractivity contribution in [3.05, 3.63) is 40.4 Å². The van der Waals surface area contributed by atoms with Gasteiger partial charge >= 0.3 is 0 Å². The Balaban J connectivity index is 1.86. The maximum Gasteiger partial charge on any atom is 0.163 e. The van der Waals surface area contributed by atoms with Gasteiger partial charge in [-0.3, -0.25) is 0 Å². The van der Waals surface area contributed by atoms with Crippen molar-refractivity contribution in [3.63, 3.8) is 0 Å². The largest absolute Gasteiger partial charge is 0.486 e. The lowest BCUT2D eigenvalue weighted by atomic mass is 10.2. The zero-order valence-corrected chi connectivity index (χ0v) is 12.3. The number of ether oxygens (including phenoxy) is 2. The van der Waals surface area contributed by atoms with Crippen molar-refractivity contribution in [1.29, 1.82) is 0 Å². The van der Waals surface area contributed by atoms with Gasteiger partial charge in [0.1, 0.15) is 19.0 Å². The lowest BCUT2D eigenvalue weighted by Gasteiger charge is -2.17. The first kappa shape index (κ1) is 12.8. The summed E-state index contributed by atoms with van der Waals surface area (Å²) in [5, 5.41) is 1.15. The number of nitrogens with zero attached hydrogens (tertiary/aromatic N) is 1. The van der Waals surface area contributed by atoms with Gasteiger partial charge < -0.3 is 14.5 Å². The SMILES string of the molecule is Clc1ccc(-c2nc3cc4c(cc3[nH]2)OCCO4)c(Cl)c1. The molecule has 4 nitrogen and oxygen atoms in total. The molecular formula is C15H10Cl2N2O2. The van der Waals surface area contributed by atoms with Crippen LogP contribution in [0.5, 0.6) is 11.5 Å². The molecule has 3 aromatic rings. The fourth-order valence-corrected chi connectivity index (χ4v) is 2.85. The second-order valence-corrected chi connectivity index (χ2v) is 5.57. The van der Waals surface area contributed by atoms with Crippen LogP contribution < -0.4 is 9.47 Å². The molecule has 1 N–H and O–H groups in total. The van der Waals surface area contributed by atoms with Gasteiger partial charge in [0.2, 0.25) is 0 Å². The quantitative estimate of drug-likeness (QED) is 0.726. The molecule has 1 aromatic heterocycles. The summed E-state index contributed by atoms with van der Waals surface area (Å²) in [5.74, 6) is 2.13. The summed E-state index contributed by atoms with van der Waals surface area (Å²) in [7, 11) is 0. The summed E-state index contributed by atoms with van der Waals surface area (Å²) in [6, 6.07) is 9.09. The van der Waals surface area contributed by atoms with Crippen LogP contribution in [0.25, 0.3) is 22.4 Å². The van der Waals surface area contributed by atoms with E-state index in [0.717, 1.165) is 22.3 Å². The highest BCUT2D eigenvalue weighted by molar-refractivity contribution is 6.36. The fraction of sp³-hybridized carbons (Fsp3) is 0.133. The highest BCUT2D eigenvalue weighted by Crippen LogP contribution is 2.36. The third-order valence-electron chi connectivity index (χ3n) is 3.33. The Labute approximate surface area is 130 Å². The highest BCUT2D eigenvalue weighted by Gasteiger charge is 2.16. The van der Waals surface area contributed by atoms with Crippen LogP contribution in [0.3, 0.4) is 0 Å². The van der Waals surface area contributed by atoms with Crippen LogP contribution in [0.1, 0.15) is 0 Å². The first-order valence-electron chi connectivity index (χ1n) is 6.45. The molecule has 2 heterocycles. The van der Waals surface area contributed by atoms with Gasteiger partial charge in [-0.25, -0.2) is 4.98 Å². The molecule has 0 unspecified atom stereocenters. The molecule has 4 rings (SSSR count). The van der Waals surface area contributed by atoms with Crippen molar-refractivity contribution in [1.82, 2.24) is 9.97 Å². The monoisotopic (exact) mass is 320 g/mol. The first-order valence-corrected chi connectivity index (χ1v) is 7.21. The van der Waals surface area contributed by atoms with Crippen molar-refractivity contribution >= 4 is 34.2 Å². The number of H-pyrrole nitrogens is 1. The third-order valence-corrected chi connectivity index (χ3v) is 3.88. The average Bonchev–Trinajstić information content (AvgIpc) is 2.87. The second-order valence-electron chi connectivity index (χ2n) is 4.72. The number of imidazole rings is 1. The lowest BCUT2D eigenvalue weighted by molar-refractivity contribution is 0.172. The molecule has 1 aliphatic rings.